The number of hydrogen-bond donors (Lipinski definition) is 2. The number of hydrogen-bond acceptors (Lipinski definition) is 8. The summed E-state index contributed by atoms with van der Waals surface area (Å²) in [6.07, 6.45) is 5.81. The fourth-order valence-corrected chi connectivity index (χ4v) is 4.77. The number of nitrogen functional groups attached to an aromatic ring is 1. The summed E-state index contributed by atoms with van der Waals surface area (Å²) >= 11 is 0. The topological polar surface area (TPSA) is 142 Å². The number of nitrogens with zero attached hydrogens (tertiary/aromatic N) is 4. The van der Waals surface area contributed by atoms with Crippen LogP contribution >= 0.6 is 0 Å². The number of anilines is 1. The fourth-order valence-electron chi connectivity index (χ4n) is 4.77. The smallest absolute Gasteiger partial charge is 0.417 e. The lowest BCUT2D eigenvalue weighted by Gasteiger charge is -2.28. The lowest BCUT2D eigenvalue weighted by atomic mass is 10.0. The molecule has 1 aromatic carbocycles. The molecule has 2 aliphatic rings. The molecule has 11 nitrogen and oxygen atoms in total. The van der Waals surface area contributed by atoms with Gasteiger partial charge in [-0.15, -0.1) is 0 Å². The predicted molar refractivity (Wildman–Crippen MR) is 160 cm³/mol. The minimum absolute atomic E-state index is 0.0599. The molecule has 0 radical (unpaired) electrons. The Balaban J connectivity index is 1.38. The minimum Gasteiger partial charge on any atom is -0.443 e. The number of aromatic nitrogens is 3. The van der Waals surface area contributed by atoms with E-state index in [0.29, 0.717) is 53.2 Å². The van der Waals surface area contributed by atoms with E-state index in [4.69, 9.17) is 15.2 Å². The third kappa shape index (κ3) is 6.76. The summed E-state index contributed by atoms with van der Waals surface area (Å²) in [5.74, 6) is 6.38. The van der Waals surface area contributed by atoms with Crippen molar-refractivity contribution in [2.24, 2.45) is 7.05 Å². The van der Waals surface area contributed by atoms with Crippen LogP contribution < -0.4 is 15.8 Å². The Morgan fingerprint density at radius 1 is 1.12 bits per heavy atom. The van der Waals surface area contributed by atoms with Crippen molar-refractivity contribution in [1.82, 2.24) is 24.8 Å². The van der Waals surface area contributed by atoms with E-state index in [1.165, 1.54) is 0 Å². The molecule has 5 rings (SSSR count). The number of carbonyl (C=O) groups is 3. The lowest BCUT2D eigenvalue weighted by Crippen LogP contribution is -2.44. The van der Waals surface area contributed by atoms with E-state index in [1.807, 2.05) is 23.8 Å². The van der Waals surface area contributed by atoms with Crippen LogP contribution in [0.5, 0.6) is 5.75 Å². The second-order valence-corrected chi connectivity index (χ2v) is 11.1. The normalized spacial score (nSPS) is 14.5. The van der Waals surface area contributed by atoms with Crippen molar-refractivity contribution in [3.8, 4) is 29.0 Å². The van der Waals surface area contributed by atoms with Crippen molar-refractivity contribution < 1.29 is 23.9 Å². The predicted octanol–water partition coefficient (Wildman–Crippen LogP) is 4.74. The first-order valence-electron chi connectivity index (χ1n) is 13.8. The summed E-state index contributed by atoms with van der Waals surface area (Å²) in [4.78, 5) is 48.0. The van der Waals surface area contributed by atoms with Crippen molar-refractivity contribution >= 4 is 24.0 Å². The highest BCUT2D eigenvalue weighted by atomic mass is 16.6. The Bertz CT molecular complexity index is 1720. The van der Waals surface area contributed by atoms with Crippen LogP contribution in [0.4, 0.5) is 15.5 Å². The molecule has 0 unspecified atom stereocenters. The number of carbonyl (C=O) groups excluding carboxylic acids is 3. The Labute approximate surface area is 249 Å². The molecule has 3 N–H and O–H groups in total. The van der Waals surface area contributed by atoms with Crippen molar-refractivity contribution in [3.63, 3.8) is 0 Å². The van der Waals surface area contributed by atoms with E-state index in [2.05, 4.69) is 27.1 Å². The third-order valence-electron chi connectivity index (χ3n) is 6.74. The highest BCUT2D eigenvalue weighted by molar-refractivity contribution is 6.05. The molecule has 0 spiro atoms. The van der Waals surface area contributed by atoms with Gasteiger partial charge in [0, 0.05) is 43.2 Å². The molecule has 0 saturated carbocycles. The van der Waals surface area contributed by atoms with Gasteiger partial charge in [0.05, 0.1) is 16.8 Å². The van der Waals surface area contributed by atoms with Crippen molar-refractivity contribution in [2.45, 2.75) is 45.6 Å². The third-order valence-corrected chi connectivity index (χ3v) is 6.74. The van der Waals surface area contributed by atoms with Crippen LogP contribution in [0.25, 0.3) is 11.4 Å². The quantitative estimate of drug-likeness (QED) is 0.423. The van der Waals surface area contributed by atoms with E-state index < -0.39 is 23.7 Å². The zero-order valence-corrected chi connectivity index (χ0v) is 24.4. The number of nitrogens with two attached hydrogens (primary N) is 1. The Morgan fingerprint density at radius 2 is 1.88 bits per heavy atom. The lowest BCUT2D eigenvalue weighted by molar-refractivity contribution is 0.0232. The largest absolute Gasteiger partial charge is 0.443 e. The zero-order chi connectivity index (χ0) is 30.7. The molecule has 3 heterocycles. The standard InChI is InChI=1S/C32H32N6O5/c1-32(2,3)43-31(41)38-16-15-25-24(28(38)39)18-26(37(25)4)27-21(19-34-29(33)36-27)14-13-20-9-8-10-22(17-20)35-30(40)42-23-11-6-5-7-12-23/h5-7,10-12,17-19H,8-9,15-16H2,1-4H3,(H,35,40)(H2,33,34,36). The van der Waals surface area contributed by atoms with Crippen LogP contribution in [0.1, 0.15) is 55.2 Å². The van der Waals surface area contributed by atoms with Gasteiger partial charge in [-0.1, -0.05) is 36.1 Å². The maximum atomic E-state index is 13.3. The van der Waals surface area contributed by atoms with Crippen LogP contribution in [0.2, 0.25) is 0 Å². The average Bonchev–Trinajstić information content (AvgIpc) is 3.29. The van der Waals surface area contributed by atoms with Gasteiger partial charge in [-0.3, -0.25) is 10.1 Å². The molecule has 3 amide bonds. The molecule has 1 aliphatic heterocycles. The number of benzene rings is 1. The monoisotopic (exact) mass is 580 g/mol. The maximum Gasteiger partial charge on any atom is 0.417 e. The van der Waals surface area contributed by atoms with Gasteiger partial charge >= 0.3 is 12.2 Å². The minimum atomic E-state index is -0.725. The molecule has 220 valence electrons. The summed E-state index contributed by atoms with van der Waals surface area (Å²) in [5.41, 5.74) is 9.38. The number of para-hydroxylation sites is 1. The first kappa shape index (κ1) is 29.1. The van der Waals surface area contributed by atoms with Gasteiger partial charge in [0.1, 0.15) is 17.0 Å². The highest BCUT2D eigenvalue weighted by Gasteiger charge is 2.35. The van der Waals surface area contributed by atoms with Gasteiger partial charge < -0.3 is 19.8 Å². The zero-order valence-electron chi connectivity index (χ0n) is 24.4. The number of amides is 3. The second-order valence-electron chi connectivity index (χ2n) is 11.1. The summed E-state index contributed by atoms with van der Waals surface area (Å²) in [6, 6.07) is 10.5. The van der Waals surface area contributed by atoms with Gasteiger partial charge in [0.2, 0.25) is 5.95 Å². The fraction of sp³-hybridized carbons (Fsp3) is 0.281. The van der Waals surface area contributed by atoms with Crippen LogP contribution in [0.15, 0.2) is 66.0 Å². The van der Waals surface area contributed by atoms with E-state index >= 15 is 0 Å². The van der Waals surface area contributed by atoms with Crippen molar-refractivity contribution in [2.75, 3.05) is 12.3 Å². The van der Waals surface area contributed by atoms with Crippen LogP contribution in [0, 0.1) is 11.8 Å². The van der Waals surface area contributed by atoms with E-state index in [9.17, 15) is 14.4 Å². The van der Waals surface area contributed by atoms with Crippen LogP contribution in [-0.4, -0.2) is 49.7 Å². The number of allylic oxidation sites excluding steroid dienone is 3. The maximum absolute atomic E-state index is 13.3. The summed E-state index contributed by atoms with van der Waals surface area (Å²) < 4.78 is 12.6. The van der Waals surface area contributed by atoms with Gasteiger partial charge in [-0.05, 0) is 57.9 Å². The molecule has 1 aliphatic carbocycles. The number of rotatable bonds is 3. The number of fused-ring (bicyclic) bond motifs is 1. The summed E-state index contributed by atoms with van der Waals surface area (Å²) in [6.45, 7) is 5.47. The van der Waals surface area contributed by atoms with Crippen LogP contribution in [-0.2, 0) is 18.2 Å². The summed E-state index contributed by atoms with van der Waals surface area (Å²) in [5, 5.41) is 2.75. The van der Waals surface area contributed by atoms with E-state index in [0.717, 1.165) is 16.2 Å². The molecule has 0 atom stereocenters. The molecule has 11 heteroatoms. The molecule has 3 aromatic rings. The Morgan fingerprint density at radius 3 is 2.63 bits per heavy atom. The number of ether oxygens (including phenoxy) is 2. The molecule has 0 bridgehead atoms. The number of nitrogens with one attached hydrogen (secondary N) is 1. The molecule has 2 aromatic heterocycles. The molecule has 0 saturated heterocycles. The molecular weight excluding hydrogens is 548 g/mol. The second kappa shape index (κ2) is 11.9. The van der Waals surface area contributed by atoms with Gasteiger partial charge in [-0.25, -0.2) is 24.5 Å². The van der Waals surface area contributed by atoms with E-state index in [1.54, 1.807) is 63.4 Å². The van der Waals surface area contributed by atoms with Gasteiger partial charge in [0.25, 0.3) is 5.91 Å². The highest BCUT2D eigenvalue weighted by Crippen LogP contribution is 2.31. The van der Waals surface area contributed by atoms with Crippen molar-refractivity contribution in [3.05, 3.63) is 82.8 Å². The first-order valence-corrected chi connectivity index (χ1v) is 13.8. The summed E-state index contributed by atoms with van der Waals surface area (Å²) in [7, 11) is 1.83. The van der Waals surface area contributed by atoms with Crippen molar-refractivity contribution in [1.29, 1.82) is 0 Å². The first-order chi connectivity index (χ1) is 20.5. The van der Waals surface area contributed by atoms with E-state index in [-0.39, 0.29) is 12.5 Å². The van der Waals surface area contributed by atoms with Crippen LogP contribution in [0.3, 0.4) is 0 Å². The van der Waals surface area contributed by atoms with Gasteiger partial charge in [-0.2, -0.15) is 0 Å². The Kier molecular flexibility index (Phi) is 8.03. The molecule has 43 heavy (non-hydrogen) atoms. The SMILES string of the molecule is Cn1c(-c2nc(N)ncc2C#CC2=CC(NC(=O)Oc3ccccc3)=CCC2)cc2c1CCN(C(=O)OC(C)(C)C)C2=O. The average molecular weight is 581 g/mol. The molecule has 0 fully saturated rings. The van der Waals surface area contributed by atoms with Gasteiger partial charge in [0.15, 0.2) is 0 Å². The molecular formula is C32H32N6O5. The Hall–Kier alpha value is -5.37. The number of imide groups is 1.